The molecule has 3 aromatic rings. The van der Waals surface area contributed by atoms with Crippen LogP contribution in [0.25, 0.3) is 21.6 Å². The van der Waals surface area contributed by atoms with Crippen LogP contribution in [0.15, 0.2) is 46.6 Å². The molecule has 5 nitrogen and oxygen atoms in total. The normalized spacial score (nSPS) is 12.4. The molecule has 0 aliphatic carbocycles. The van der Waals surface area contributed by atoms with Crippen molar-refractivity contribution in [3.8, 4) is 10.6 Å². The van der Waals surface area contributed by atoms with E-state index >= 15 is 0 Å². The van der Waals surface area contributed by atoms with Gasteiger partial charge in [0.25, 0.3) is 0 Å². The van der Waals surface area contributed by atoms with Crippen LogP contribution in [-0.4, -0.2) is 38.8 Å². The van der Waals surface area contributed by atoms with E-state index < -0.39 is 22.7 Å². The first-order valence-corrected chi connectivity index (χ1v) is 13.2. The Bertz CT molecular complexity index is 995. The molecule has 0 bridgehead atoms. The number of nitrogens with zero attached hydrogens (tertiary/aromatic N) is 2. The fourth-order valence-electron chi connectivity index (χ4n) is 2.29. The molecule has 0 saturated carbocycles. The summed E-state index contributed by atoms with van der Waals surface area (Å²) >= 11 is 0.648. The number of hydrogen-bond acceptors (Lipinski definition) is 5. The first-order valence-electron chi connectivity index (χ1n) is 6.88. The second-order valence-corrected chi connectivity index (χ2v) is 14.4. The Morgan fingerprint density at radius 2 is 2.00 bits per heavy atom. The van der Waals surface area contributed by atoms with Crippen LogP contribution in [-0.2, 0) is 14.6 Å². The number of fused-ring (bicyclic) bond motifs is 1. The Morgan fingerprint density at radius 1 is 1.22 bits per heavy atom. The van der Waals surface area contributed by atoms with Crippen LogP contribution in [0.5, 0.6) is 0 Å². The monoisotopic (exact) mass is 409 g/mol. The first-order chi connectivity index (χ1) is 11.0. The van der Waals surface area contributed by atoms with Crippen molar-refractivity contribution in [3.63, 3.8) is 0 Å². The van der Waals surface area contributed by atoms with Gasteiger partial charge in [0.2, 0.25) is 0 Å². The molecule has 0 spiro atoms. The van der Waals surface area contributed by atoms with Gasteiger partial charge in [0, 0.05) is 0 Å². The maximum atomic E-state index is 12.8. The van der Waals surface area contributed by atoms with Crippen LogP contribution in [0.4, 0.5) is 0 Å². The van der Waals surface area contributed by atoms with E-state index in [1.807, 2.05) is 41.8 Å². The van der Waals surface area contributed by atoms with Crippen molar-refractivity contribution in [2.24, 2.45) is 0 Å². The number of benzene rings is 1. The van der Waals surface area contributed by atoms with Gasteiger partial charge in [-0.05, 0) is 0 Å². The Labute approximate surface area is 143 Å². The molecular weight excluding hydrogens is 395 g/mol. The Balaban J connectivity index is 2.10. The van der Waals surface area contributed by atoms with Crippen LogP contribution < -0.4 is 5.56 Å². The molecule has 0 atom stereocenters. The van der Waals surface area contributed by atoms with E-state index in [1.54, 1.807) is 4.57 Å². The molecule has 0 fully saturated rings. The summed E-state index contributed by atoms with van der Waals surface area (Å²) in [5.41, 5.74) is 1.74. The van der Waals surface area contributed by atoms with Gasteiger partial charge in [0.15, 0.2) is 0 Å². The van der Waals surface area contributed by atoms with Gasteiger partial charge in [-0.15, -0.1) is 0 Å². The zero-order chi connectivity index (χ0) is 16.4. The molecule has 0 amide bonds. The van der Waals surface area contributed by atoms with Crippen molar-refractivity contribution in [3.05, 3.63) is 52.1 Å². The van der Waals surface area contributed by atoms with Gasteiger partial charge in [0.05, 0.1) is 0 Å². The quantitative estimate of drug-likeness (QED) is 0.606. The molecule has 23 heavy (non-hydrogen) atoms. The molecule has 0 unspecified atom stereocenters. The van der Waals surface area contributed by atoms with E-state index in [1.165, 1.54) is 17.6 Å². The summed E-state index contributed by atoms with van der Waals surface area (Å²) in [6.07, 6.45) is 1.25. The third kappa shape index (κ3) is 3.74. The summed E-state index contributed by atoms with van der Waals surface area (Å²) in [5, 5.41) is 2.40. The van der Waals surface area contributed by atoms with Crippen LogP contribution in [0.1, 0.15) is 0 Å². The second-order valence-electron chi connectivity index (χ2n) is 4.97. The molecule has 3 rings (SSSR count). The molecule has 0 aliphatic heterocycles. The molecule has 0 aliphatic rings. The van der Waals surface area contributed by atoms with Gasteiger partial charge < -0.3 is 0 Å². The van der Waals surface area contributed by atoms with E-state index in [4.69, 9.17) is 0 Å². The molecule has 0 saturated heterocycles. The van der Waals surface area contributed by atoms with E-state index in [9.17, 15) is 13.2 Å². The third-order valence-corrected chi connectivity index (χ3v) is 9.31. The molecule has 2 aromatic heterocycles. The number of aromatic nitrogens is 2. The van der Waals surface area contributed by atoms with Crippen LogP contribution in [0, 0.1) is 0 Å². The average Bonchev–Trinajstić information content (AvgIpc) is 3.02. The summed E-state index contributed by atoms with van der Waals surface area (Å²) in [6, 6.07) is 11.2. The molecule has 1 aromatic carbocycles. The molecular formula is C15H14AsN2O3S2. The Kier molecular flexibility index (Phi) is 4.71. The molecule has 0 N–H and O–H groups in total. The summed E-state index contributed by atoms with van der Waals surface area (Å²) in [6.45, 7) is 0.396. The predicted molar refractivity (Wildman–Crippen MR) is 94.7 cm³/mol. The summed E-state index contributed by atoms with van der Waals surface area (Å²) in [5.74, 6) is 0. The van der Waals surface area contributed by atoms with Crippen molar-refractivity contribution in [2.45, 2.75) is 11.8 Å². The van der Waals surface area contributed by atoms with Crippen molar-refractivity contribution in [2.75, 3.05) is 6.26 Å². The minimum absolute atomic E-state index is 0.166. The van der Waals surface area contributed by atoms with Crippen molar-refractivity contribution < 1.29 is 8.42 Å². The standard InChI is InChI=1S/C15H14AsN2O3S2/c1-23(20,21)16-8-9-18-12-6-3-2-5-11(12)17-14(15(18)19)13-7-4-10-22-13/h2-7,10H,8-9H2,1H3. The topological polar surface area (TPSA) is 69.0 Å². The summed E-state index contributed by atoms with van der Waals surface area (Å²) in [4.78, 5) is 18.1. The van der Waals surface area contributed by atoms with Crippen LogP contribution in [0.2, 0.25) is 5.21 Å². The number of para-hydroxylation sites is 2. The number of thiophene rings is 1. The average molecular weight is 409 g/mol. The Morgan fingerprint density at radius 3 is 2.70 bits per heavy atom. The fraction of sp³-hybridized carbons (Fsp3) is 0.200. The van der Waals surface area contributed by atoms with Gasteiger partial charge in [-0.25, -0.2) is 0 Å². The second kappa shape index (κ2) is 6.59. The summed E-state index contributed by atoms with van der Waals surface area (Å²) < 4.78 is 24.4. The van der Waals surface area contributed by atoms with Gasteiger partial charge in [-0.1, -0.05) is 0 Å². The van der Waals surface area contributed by atoms with Crippen LogP contribution >= 0.6 is 11.3 Å². The zero-order valence-electron chi connectivity index (χ0n) is 12.3. The number of rotatable bonds is 5. The van der Waals surface area contributed by atoms with E-state index in [0.717, 1.165) is 15.9 Å². The van der Waals surface area contributed by atoms with E-state index in [0.29, 0.717) is 17.4 Å². The SMILES string of the molecule is CS(=O)(=O)[As]CCn1c(=O)c(-c2cccs2)nc2ccccc21. The number of aryl methyl sites for hydroxylation is 1. The fourth-order valence-corrected chi connectivity index (χ4v) is 6.43. The van der Waals surface area contributed by atoms with Gasteiger partial charge >= 0.3 is 144 Å². The number of hydrogen-bond donors (Lipinski definition) is 0. The Hall–Kier alpha value is -1.43. The maximum absolute atomic E-state index is 12.8. The van der Waals surface area contributed by atoms with Crippen molar-refractivity contribution in [1.82, 2.24) is 9.55 Å². The van der Waals surface area contributed by atoms with Gasteiger partial charge in [-0.3, -0.25) is 0 Å². The van der Waals surface area contributed by atoms with Gasteiger partial charge in [-0.2, -0.15) is 0 Å². The first kappa shape index (κ1) is 16.4. The van der Waals surface area contributed by atoms with Crippen molar-refractivity contribution in [1.29, 1.82) is 0 Å². The predicted octanol–water partition coefficient (Wildman–Crippen LogP) is 2.21. The molecule has 119 valence electrons. The molecule has 8 heteroatoms. The zero-order valence-corrected chi connectivity index (χ0v) is 15.8. The molecule has 2 heterocycles. The third-order valence-electron chi connectivity index (χ3n) is 3.26. The van der Waals surface area contributed by atoms with Crippen LogP contribution in [0.3, 0.4) is 0 Å². The molecule has 1 radical (unpaired) electrons. The van der Waals surface area contributed by atoms with E-state index in [-0.39, 0.29) is 5.56 Å². The van der Waals surface area contributed by atoms with E-state index in [2.05, 4.69) is 4.98 Å². The minimum atomic E-state index is -2.95. The summed E-state index contributed by atoms with van der Waals surface area (Å²) in [7, 11) is -2.95. The van der Waals surface area contributed by atoms with Crippen molar-refractivity contribution >= 4 is 45.1 Å². The van der Waals surface area contributed by atoms with Gasteiger partial charge in [0.1, 0.15) is 0 Å².